The Morgan fingerprint density at radius 3 is 2.36 bits per heavy atom. The summed E-state index contributed by atoms with van der Waals surface area (Å²) >= 11 is 0.416. The molecule has 3 rings (SSSR count). The summed E-state index contributed by atoms with van der Waals surface area (Å²) in [5, 5.41) is 0. The fraction of sp³-hybridized carbons (Fsp3) is 0.632. The summed E-state index contributed by atoms with van der Waals surface area (Å²) in [6.07, 6.45) is 10.7. The van der Waals surface area contributed by atoms with E-state index in [2.05, 4.69) is 30.3 Å². The van der Waals surface area contributed by atoms with Gasteiger partial charge in [0, 0.05) is 0 Å². The molecule has 22 heavy (non-hydrogen) atoms. The molecule has 2 aliphatic carbocycles. The first-order chi connectivity index (χ1) is 10.8. The van der Waals surface area contributed by atoms with Gasteiger partial charge in [-0.05, 0) is 0 Å². The van der Waals surface area contributed by atoms with Crippen LogP contribution in [0.5, 0.6) is 0 Å². The molecule has 2 aliphatic rings. The molecule has 2 nitrogen and oxygen atoms in total. The molecule has 3 heteroatoms. The molecule has 0 bridgehead atoms. The van der Waals surface area contributed by atoms with Gasteiger partial charge in [-0.2, -0.15) is 0 Å². The minimum atomic E-state index is 0.0976. The molecular weight excluding hydrogens is 339 g/mol. The second-order valence-electron chi connectivity index (χ2n) is 6.56. The van der Waals surface area contributed by atoms with Crippen LogP contribution in [0.2, 0.25) is 4.82 Å². The normalized spacial score (nSPS) is 26.5. The van der Waals surface area contributed by atoms with E-state index in [-0.39, 0.29) is 18.0 Å². The Morgan fingerprint density at radius 2 is 1.59 bits per heavy atom. The van der Waals surface area contributed by atoms with Crippen molar-refractivity contribution in [2.75, 3.05) is 0 Å². The molecule has 120 valence electrons. The first kappa shape index (κ1) is 16.1. The average molecular weight is 365 g/mol. The van der Waals surface area contributed by atoms with Crippen molar-refractivity contribution in [1.82, 2.24) is 0 Å². The van der Waals surface area contributed by atoms with Gasteiger partial charge in [0.05, 0.1) is 0 Å². The number of carbonyl (C=O) groups excluding carboxylic acids is 1. The molecule has 0 spiro atoms. The van der Waals surface area contributed by atoms with Crippen LogP contribution in [0.25, 0.3) is 0 Å². The molecule has 0 N–H and O–H groups in total. The van der Waals surface area contributed by atoms with Crippen LogP contribution in [0.1, 0.15) is 57.8 Å². The SMILES string of the molecule is O=C(OC1CCCCC1[Se]c1ccccc1)C1CCCCC1. The van der Waals surface area contributed by atoms with E-state index >= 15 is 0 Å². The average Bonchev–Trinajstić information content (AvgIpc) is 2.58. The third-order valence-electron chi connectivity index (χ3n) is 4.88. The molecule has 0 saturated heterocycles. The maximum atomic E-state index is 12.4. The van der Waals surface area contributed by atoms with Gasteiger partial charge in [0.1, 0.15) is 0 Å². The zero-order valence-corrected chi connectivity index (χ0v) is 14.9. The number of esters is 1. The summed E-state index contributed by atoms with van der Waals surface area (Å²) < 4.78 is 7.42. The molecule has 2 atom stereocenters. The molecule has 2 fully saturated rings. The number of benzene rings is 1. The van der Waals surface area contributed by atoms with E-state index in [9.17, 15) is 4.79 Å². The number of hydrogen-bond acceptors (Lipinski definition) is 2. The van der Waals surface area contributed by atoms with Crippen molar-refractivity contribution in [2.45, 2.75) is 68.7 Å². The van der Waals surface area contributed by atoms with Crippen LogP contribution in [0.4, 0.5) is 0 Å². The fourth-order valence-electron chi connectivity index (χ4n) is 3.59. The first-order valence-corrected chi connectivity index (χ1v) is 10.6. The van der Waals surface area contributed by atoms with Crippen molar-refractivity contribution >= 4 is 25.4 Å². The maximum absolute atomic E-state index is 12.4. The van der Waals surface area contributed by atoms with Crippen molar-refractivity contribution in [3.05, 3.63) is 30.3 Å². The van der Waals surface area contributed by atoms with Crippen molar-refractivity contribution < 1.29 is 9.53 Å². The van der Waals surface area contributed by atoms with Crippen LogP contribution in [-0.4, -0.2) is 27.0 Å². The molecule has 0 heterocycles. The molecule has 0 aliphatic heterocycles. The van der Waals surface area contributed by atoms with Gasteiger partial charge in [-0.15, -0.1) is 0 Å². The molecule has 1 aromatic rings. The van der Waals surface area contributed by atoms with E-state index in [0.29, 0.717) is 19.8 Å². The third-order valence-corrected chi connectivity index (χ3v) is 7.79. The summed E-state index contributed by atoms with van der Waals surface area (Å²) in [7, 11) is 0. The summed E-state index contributed by atoms with van der Waals surface area (Å²) in [4.78, 5) is 13.0. The van der Waals surface area contributed by atoms with Gasteiger partial charge < -0.3 is 0 Å². The second kappa shape index (κ2) is 8.17. The van der Waals surface area contributed by atoms with E-state index in [0.717, 1.165) is 19.3 Å². The zero-order chi connectivity index (χ0) is 15.2. The quantitative estimate of drug-likeness (QED) is 0.598. The number of carbonyl (C=O) groups is 1. The van der Waals surface area contributed by atoms with E-state index < -0.39 is 0 Å². The molecular formula is C19H26O2Se. The van der Waals surface area contributed by atoms with Crippen molar-refractivity contribution in [1.29, 1.82) is 0 Å². The van der Waals surface area contributed by atoms with Gasteiger partial charge in [-0.3, -0.25) is 0 Å². The standard InChI is InChI=1S/C19H26O2Se/c20-19(15-9-3-1-4-10-15)21-17-13-7-8-14-18(17)22-16-11-5-2-6-12-16/h2,5-6,11-12,15,17-18H,1,3-4,7-10,13-14H2. The Hall–Kier alpha value is -0.791. The number of rotatable bonds is 4. The number of hydrogen-bond donors (Lipinski definition) is 0. The summed E-state index contributed by atoms with van der Waals surface area (Å²) in [6, 6.07) is 10.7. The van der Waals surface area contributed by atoms with Gasteiger partial charge in [-0.25, -0.2) is 0 Å². The van der Waals surface area contributed by atoms with Gasteiger partial charge in [-0.1, -0.05) is 0 Å². The topological polar surface area (TPSA) is 26.3 Å². The van der Waals surface area contributed by atoms with Crippen LogP contribution in [0, 0.1) is 5.92 Å². The van der Waals surface area contributed by atoms with Crippen molar-refractivity contribution in [3.8, 4) is 0 Å². The Balaban J connectivity index is 1.58. The van der Waals surface area contributed by atoms with Gasteiger partial charge in [0.2, 0.25) is 0 Å². The van der Waals surface area contributed by atoms with Gasteiger partial charge in [0.25, 0.3) is 0 Å². The predicted molar refractivity (Wildman–Crippen MR) is 90.5 cm³/mol. The zero-order valence-electron chi connectivity index (χ0n) is 13.2. The molecule has 2 unspecified atom stereocenters. The molecule has 0 amide bonds. The summed E-state index contributed by atoms with van der Waals surface area (Å²) in [5.74, 6) is 0.279. The van der Waals surface area contributed by atoms with Crippen LogP contribution >= 0.6 is 0 Å². The van der Waals surface area contributed by atoms with Crippen LogP contribution in [0.15, 0.2) is 30.3 Å². The fourth-order valence-corrected chi connectivity index (χ4v) is 6.30. The van der Waals surface area contributed by atoms with Crippen LogP contribution in [0.3, 0.4) is 0 Å². The van der Waals surface area contributed by atoms with E-state index in [4.69, 9.17) is 4.74 Å². The molecule has 0 aromatic heterocycles. The number of ether oxygens (including phenoxy) is 1. The predicted octanol–water partition coefficient (Wildman–Crippen LogP) is 3.87. The Kier molecular flexibility index (Phi) is 5.97. The second-order valence-corrected chi connectivity index (χ2v) is 9.32. The van der Waals surface area contributed by atoms with Crippen molar-refractivity contribution in [2.24, 2.45) is 5.92 Å². The van der Waals surface area contributed by atoms with E-state index in [1.54, 1.807) is 0 Å². The molecule has 0 radical (unpaired) electrons. The van der Waals surface area contributed by atoms with E-state index in [1.165, 1.54) is 43.0 Å². The van der Waals surface area contributed by atoms with E-state index in [1.807, 2.05) is 0 Å². The Bertz CT molecular complexity index is 468. The molecule has 2 saturated carbocycles. The van der Waals surface area contributed by atoms with Gasteiger partial charge in [0.15, 0.2) is 0 Å². The van der Waals surface area contributed by atoms with Gasteiger partial charge >= 0.3 is 140 Å². The summed E-state index contributed by atoms with van der Waals surface area (Å²) in [6.45, 7) is 0. The first-order valence-electron chi connectivity index (χ1n) is 8.75. The Labute approximate surface area is 140 Å². The summed E-state index contributed by atoms with van der Waals surface area (Å²) in [5.41, 5.74) is 0. The van der Waals surface area contributed by atoms with Crippen molar-refractivity contribution in [3.63, 3.8) is 0 Å². The minimum absolute atomic E-state index is 0.0976. The van der Waals surface area contributed by atoms with Crippen LogP contribution < -0.4 is 4.46 Å². The van der Waals surface area contributed by atoms with Crippen LogP contribution in [-0.2, 0) is 9.53 Å². The monoisotopic (exact) mass is 366 g/mol. The Morgan fingerprint density at radius 1 is 0.909 bits per heavy atom. The third kappa shape index (κ3) is 4.36. The molecule has 1 aromatic carbocycles.